The maximum Gasteiger partial charge on any atom is 0.331 e. The monoisotopic (exact) mass is 523 g/mol. The summed E-state index contributed by atoms with van der Waals surface area (Å²) in [6, 6.07) is -0.306. The molecule has 0 radical (unpaired) electrons. The Morgan fingerprint density at radius 2 is 2.06 bits per heavy atom. The third-order valence-corrected chi connectivity index (χ3v) is 7.64. The molecule has 0 spiro atoms. The topological polar surface area (TPSA) is 122 Å². The first-order valence-corrected chi connectivity index (χ1v) is 13.7. The van der Waals surface area contributed by atoms with Gasteiger partial charge in [0, 0.05) is 33.9 Å². The molecule has 1 heterocycles. The molecule has 9 atom stereocenters. The summed E-state index contributed by atoms with van der Waals surface area (Å²) in [5, 5.41) is 32.2. The Kier molecular flexibility index (Phi) is 13.0. The van der Waals surface area contributed by atoms with Crippen LogP contribution in [0.2, 0.25) is 0 Å². The number of hydrogen-bond acceptors (Lipinski definition) is 7. The fraction of sp³-hybridized carbons (Fsp3) is 0.679. The molecule has 0 amide bonds. The molecule has 0 aromatic carbocycles. The maximum atomic E-state index is 11.8. The van der Waals surface area contributed by atoms with Crippen molar-refractivity contribution in [2.75, 3.05) is 0 Å². The van der Waals surface area contributed by atoms with E-state index in [2.05, 4.69) is 15.5 Å². The van der Waals surface area contributed by atoms with E-state index in [9.17, 15) is 20.1 Å². The van der Waals surface area contributed by atoms with E-state index in [4.69, 9.17) is 15.0 Å². The average molecular weight is 524 g/mol. The maximum absolute atomic E-state index is 11.8. The third-order valence-electron chi connectivity index (χ3n) is 7.31. The van der Waals surface area contributed by atoms with Crippen molar-refractivity contribution in [3.05, 3.63) is 48.6 Å². The molecule has 7 nitrogen and oxygen atoms in total. The molecule has 1 aliphatic heterocycles. The van der Waals surface area contributed by atoms with Gasteiger partial charge in [0.15, 0.2) is 0 Å². The number of cyclic esters (lactones) is 1. The number of ether oxygens (including phenoxy) is 1. The summed E-state index contributed by atoms with van der Waals surface area (Å²) in [6.07, 6.45) is 16.5. The van der Waals surface area contributed by atoms with Crippen molar-refractivity contribution >= 4 is 15.4 Å². The first-order valence-electron chi connectivity index (χ1n) is 13.2. The molecule has 2 rings (SSSR count). The number of allylic oxidation sites excluding steroid dienone is 3. The Hall–Kier alpha value is -1.34. The predicted octanol–water partition coefficient (Wildman–Crippen LogP) is 3.74. The first kappa shape index (κ1) is 30.9. The summed E-state index contributed by atoms with van der Waals surface area (Å²) >= 11 is 0. The number of nitrogens with two attached hydrogens (primary N) is 1. The van der Waals surface area contributed by atoms with E-state index in [0.717, 1.165) is 32.1 Å². The van der Waals surface area contributed by atoms with Crippen molar-refractivity contribution in [3.63, 3.8) is 0 Å². The molecule has 9 unspecified atom stereocenters. The van der Waals surface area contributed by atoms with Crippen LogP contribution in [0.15, 0.2) is 48.6 Å². The van der Waals surface area contributed by atoms with Gasteiger partial charge < -0.3 is 30.3 Å². The molecule has 0 saturated heterocycles. The van der Waals surface area contributed by atoms with Crippen molar-refractivity contribution in [3.8, 4) is 0 Å². The van der Waals surface area contributed by atoms with Crippen LogP contribution in [0.25, 0.3) is 0 Å². The van der Waals surface area contributed by atoms with Crippen LogP contribution in [-0.4, -0.2) is 57.3 Å². The van der Waals surface area contributed by atoms with Gasteiger partial charge in [0.2, 0.25) is 0 Å². The molecular formula is C28H46NO6P. The Morgan fingerprint density at radius 1 is 1.31 bits per heavy atom. The number of carbonyl (C=O) groups is 1. The molecule has 5 N–H and O–H groups in total. The number of aliphatic hydroxyl groups is 3. The van der Waals surface area contributed by atoms with Crippen molar-refractivity contribution < 1.29 is 29.4 Å². The highest BCUT2D eigenvalue weighted by atomic mass is 31.0. The Labute approximate surface area is 218 Å². The van der Waals surface area contributed by atoms with Gasteiger partial charge in [0.1, 0.15) is 11.7 Å². The lowest BCUT2D eigenvalue weighted by molar-refractivity contribution is -0.143. The molecule has 1 saturated carbocycles. The first-order chi connectivity index (χ1) is 17.1. The zero-order valence-corrected chi connectivity index (χ0v) is 23.1. The smallest absolute Gasteiger partial charge is 0.331 e. The summed E-state index contributed by atoms with van der Waals surface area (Å²) < 4.78 is 11.1. The minimum atomic E-state index is -1.49. The molecule has 204 valence electrons. The van der Waals surface area contributed by atoms with Gasteiger partial charge in [-0.1, -0.05) is 63.6 Å². The summed E-state index contributed by atoms with van der Waals surface area (Å²) in [4.78, 5) is 11.8. The molecule has 1 fully saturated rings. The minimum Gasteiger partial charge on any atom is -0.454 e. The zero-order valence-electron chi connectivity index (χ0n) is 21.9. The SMILES string of the molecule is CCC1C=CC(=O)OC1C=CC(O)(CC(N)C(C)C)C(CC(O)C=CC=CC1CCCC(O)C1)OP. The van der Waals surface area contributed by atoms with E-state index in [1.54, 1.807) is 24.3 Å². The van der Waals surface area contributed by atoms with E-state index in [-0.39, 0.29) is 36.8 Å². The molecule has 2 aliphatic rings. The lowest BCUT2D eigenvalue weighted by atomic mass is 9.82. The Morgan fingerprint density at radius 3 is 2.69 bits per heavy atom. The Balaban J connectivity index is 2.12. The van der Waals surface area contributed by atoms with Gasteiger partial charge >= 0.3 is 5.97 Å². The number of hydrogen-bond donors (Lipinski definition) is 4. The lowest BCUT2D eigenvalue weighted by Crippen LogP contribution is -2.48. The second kappa shape index (κ2) is 15.2. The molecule has 8 heteroatoms. The van der Waals surface area contributed by atoms with Crippen LogP contribution in [-0.2, 0) is 14.1 Å². The zero-order chi connectivity index (χ0) is 26.7. The average Bonchev–Trinajstić information content (AvgIpc) is 2.84. The summed E-state index contributed by atoms with van der Waals surface area (Å²) in [5.41, 5.74) is 4.85. The van der Waals surface area contributed by atoms with Crippen LogP contribution in [0.5, 0.6) is 0 Å². The van der Waals surface area contributed by atoms with Crippen LogP contribution in [0.4, 0.5) is 0 Å². The highest BCUT2D eigenvalue weighted by Gasteiger charge is 2.38. The number of esters is 1. The van der Waals surface area contributed by atoms with Crippen molar-refractivity contribution in [1.82, 2.24) is 0 Å². The molecular weight excluding hydrogens is 477 g/mol. The van der Waals surface area contributed by atoms with Gasteiger partial charge in [0.25, 0.3) is 0 Å². The fourth-order valence-corrected chi connectivity index (χ4v) is 5.12. The molecule has 1 aliphatic carbocycles. The van der Waals surface area contributed by atoms with Crippen molar-refractivity contribution in [1.29, 1.82) is 0 Å². The highest BCUT2D eigenvalue weighted by Crippen LogP contribution is 2.31. The number of carbonyl (C=O) groups excluding carboxylic acids is 1. The molecule has 0 bridgehead atoms. The number of rotatable bonds is 13. The van der Waals surface area contributed by atoms with Crippen molar-refractivity contribution in [2.45, 2.75) is 102 Å². The lowest BCUT2D eigenvalue weighted by Gasteiger charge is -2.37. The van der Waals surface area contributed by atoms with Gasteiger partial charge in [-0.25, -0.2) is 4.79 Å². The van der Waals surface area contributed by atoms with E-state index in [0.29, 0.717) is 5.92 Å². The van der Waals surface area contributed by atoms with Gasteiger partial charge in [-0.05, 0) is 50.0 Å². The van der Waals surface area contributed by atoms with Crippen LogP contribution >= 0.6 is 9.47 Å². The second-order valence-electron chi connectivity index (χ2n) is 10.6. The van der Waals surface area contributed by atoms with Crippen LogP contribution < -0.4 is 5.73 Å². The summed E-state index contributed by atoms with van der Waals surface area (Å²) in [7, 11) is 2.19. The fourth-order valence-electron chi connectivity index (χ4n) is 4.77. The minimum absolute atomic E-state index is 0.0166. The molecule has 36 heavy (non-hydrogen) atoms. The van der Waals surface area contributed by atoms with Crippen LogP contribution in [0, 0.1) is 17.8 Å². The summed E-state index contributed by atoms with van der Waals surface area (Å²) in [6.45, 7) is 5.99. The largest absolute Gasteiger partial charge is 0.454 e. The van der Waals surface area contributed by atoms with E-state index in [1.807, 2.05) is 32.9 Å². The van der Waals surface area contributed by atoms with Gasteiger partial charge in [0.05, 0.1) is 18.3 Å². The van der Waals surface area contributed by atoms with Crippen LogP contribution in [0.1, 0.15) is 65.7 Å². The second-order valence-corrected chi connectivity index (χ2v) is 10.8. The Bertz CT molecular complexity index is 797. The van der Waals surface area contributed by atoms with E-state index < -0.39 is 29.9 Å². The van der Waals surface area contributed by atoms with E-state index >= 15 is 0 Å². The normalized spacial score (nSPS) is 29.6. The van der Waals surface area contributed by atoms with Gasteiger partial charge in [-0.15, -0.1) is 0 Å². The quantitative estimate of drug-likeness (QED) is 0.126. The standard InChI is InChI=1S/C28H46NO6P/c1-4-21-12-13-27(32)34-25(21)14-15-28(33,18-24(29)19(2)3)26(35-36)17-23(31)10-6-5-8-20-9-7-11-22(30)16-20/h5-6,8,10,12-15,19-26,30-31,33H,4,7,9,11,16-18,29,36H2,1-3H3. The van der Waals surface area contributed by atoms with Gasteiger partial charge in [-0.3, -0.25) is 0 Å². The highest BCUT2D eigenvalue weighted by molar-refractivity contribution is 7.09. The van der Waals surface area contributed by atoms with Crippen LogP contribution in [0.3, 0.4) is 0 Å². The third kappa shape index (κ3) is 9.85. The summed E-state index contributed by atoms with van der Waals surface area (Å²) in [5.74, 6) is 0.0826. The van der Waals surface area contributed by atoms with E-state index in [1.165, 1.54) is 6.08 Å². The number of aliphatic hydroxyl groups excluding tert-OH is 2. The van der Waals surface area contributed by atoms with Gasteiger partial charge in [-0.2, -0.15) is 0 Å². The predicted molar refractivity (Wildman–Crippen MR) is 146 cm³/mol. The molecule has 0 aromatic heterocycles. The molecule has 0 aromatic rings. The van der Waals surface area contributed by atoms with Crippen molar-refractivity contribution in [2.24, 2.45) is 23.5 Å².